The molecule has 1 unspecified atom stereocenters. The van der Waals surface area contributed by atoms with Crippen LogP contribution in [0.5, 0.6) is 0 Å². The fourth-order valence-corrected chi connectivity index (χ4v) is 2.52. The topological polar surface area (TPSA) is 29.5 Å². The molecule has 1 fully saturated rings. The van der Waals surface area contributed by atoms with Gasteiger partial charge < -0.3 is 9.84 Å². The van der Waals surface area contributed by atoms with Crippen LogP contribution in [0.3, 0.4) is 0 Å². The molecular weight excluding hydrogens is 260 g/mol. The molecule has 110 valence electrons. The SMILES string of the molecule is C=C(/C=C\C=C(/C)O)C1OC[C@H](c2ccccc2)CC1=C. The summed E-state index contributed by atoms with van der Waals surface area (Å²) in [4.78, 5) is 0. The van der Waals surface area contributed by atoms with Crippen molar-refractivity contribution in [3.8, 4) is 0 Å². The van der Waals surface area contributed by atoms with Crippen molar-refractivity contribution in [1.29, 1.82) is 0 Å². The van der Waals surface area contributed by atoms with E-state index in [1.54, 1.807) is 19.1 Å². The maximum atomic E-state index is 9.12. The Morgan fingerprint density at radius 3 is 2.67 bits per heavy atom. The summed E-state index contributed by atoms with van der Waals surface area (Å²) in [5.74, 6) is 0.637. The summed E-state index contributed by atoms with van der Waals surface area (Å²) in [6.07, 6.45) is 6.05. The van der Waals surface area contributed by atoms with Gasteiger partial charge in [0.25, 0.3) is 0 Å². The lowest BCUT2D eigenvalue weighted by molar-refractivity contribution is 0.0643. The van der Waals surface area contributed by atoms with Gasteiger partial charge in [0.2, 0.25) is 0 Å². The molecule has 0 aromatic heterocycles. The quantitative estimate of drug-likeness (QED) is 0.493. The molecule has 1 aromatic carbocycles. The zero-order valence-corrected chi connectivity index (χ0v) is 12.5. The second-order valence-electron chi connectivity index (χ2n) is 5.43. The predicted octanol–water partition coefficient (Wildman–Crippen LogP) is 4.69. The van der Waals surface area contributed by atoms with Crippen molar-refractivity contribution in [2.75, 3.05) is 6.61 Å². The van der Waals surface area contributed by atoms with Gasteiger partial charge >= 0.3 is 0 Å². The van der Waals surface area contributed by atoms with Gasteiger partial charge in [-0.1, -0.05) is 55.6 Å². The Balaban J connectivity index is 1.98. The molecule has 2 rings (SSSR count). The molecule has 21 heavy (non-hydrogen) atoms. The molecule has 2 atom stereocenters. The summed E-state index contributed by atoms with van der Waals surface area (Å²) in [6, 6.07) is 10.4. The van der Waals surface area contributed by atoms with Gasteiger partial charge in [0.1, 0.15) is 6.10 Å². The normalized spacial score (nSPS) is 23.5. The minimum Gasteiger partial charge on any atom is -0.513 e. The lowest BCUT2D eigenvalue weighted by Crippen LogP contribution is -2.27. The maximum Gasteiger partial charge on any atom is 0.103 e. The minimum absolute atomic E-state index is 0.131. The van der Waals surface area contributed by atoms with Crippen molar-refractivity contribution in [3.05, 3.63) is 84.2 Å². The van der Waals surface area contributed by atoms with Crippen molar-refractivity contribution < 1.29 is 9.84 Å². The van der Waals surface area contributed by atoms with Crippen LogP contribution in [0.4, 0.5) is 0 Å². The first-order chi connectivity index (χ1) is 10.1. The zero-order valence-electron chi connectivity index (χ0n) is 12.5. The third kappa shape index (κ3) is 4.20. The first-order valence-electron chi connectivity index (χ1n) is 7.15. The minimum atomic E-state index is -0.131. The first-order valence-corrected chi connectivity index (χ1v) is 7.15. The summed E-state index contributed by atoms with van der Waals surface area (Å²) in [6.45, 7) is 10.5. The number of rotatable bonds is 4. The van der Waals surface area contributed by atoms with E-state index in [0.717, 1.165) is 17.6 Å². The molecule has 1 N–H and O–H groups in total. The second-order valence-corrected chi connectivity index (χ2v) is 5.43. The largest absolute Gasteiger partial charge is 0.513 e. The number of allylic oxidation sites excluding steroid dienone is 3. The van der Waals surface area contributed by atoms with Gasteiger partial charge in [-0.25, -0.2) is 0 Å². The van der Waals surface area contributed by atoms with Gasteiger partial charge in [-0.3, -0.25) is 0 Å². The van der Waals surface area contributed by atoms with Gasteiger partial charge in [0.15, 0.2) is 0 Å². The predicted molar refractivity (Wildman–Crippen MR) is 87.3 cm³/mol. The lowest BCUT2D eigenvalue weighted by atomic mass is 9.87. The third-order valence-electron chi connectivity index (χ3n) is 3.60. The fourth-order valence-electron chi connectivity index (χ4n) is 2.52. The smallest absolute Gasteiger partial charge is 0.103 e. The number of hydrogen-bond donors (Lipinski definition) is 1. The van der Waals surface area contributed by atoms with Crippen molar-refractivity contribution >= 4 is 0 Å². The van der Waals surface area contributed by atoms with Crippen LogP contribution in [0.25, 0.3) is 0 Å². The summed E-state index contributed by atoms with van der Waals surface area (Å²) >= 11 is 0. The van der Waals surface area contributed by atoms with Crippen LogP contribution >= 0.6 is 0 Å². The van der Waals surface area contributed by atoms with Crippen LogP contribution in [0.1, 0.15) is 24.8 Å². The van der Waals surface area contributed by atoms with Crippen LogP contribution in [0.15, 0.2) is 78.6 Å². The number of aliphatic hydroxyl groups is 1. The zero-order chi connectivity index (χ0) is 15.2. The molecule has 1 saturated heterocycles. The third-order valence-corrected chi connectivity index (χ3v) is 3.60. The molecular formula is C19H22O2. The molecule has 2 heteroatoms. The fraction of sp³-hybridized carbons (Fsp3) is 0.263. The Hall–Kier alpha value is -2.06. The van der Waals surface area contributed by atoms with Crippen molar-refractivity contribution in [2.45, 2.75) is 25.4 Å². The first kappa shape index (κ1) is 15.3. The second kappa shape index (κ2) is 7.09. The summed E-state index contributed by atoms with van der Waals surface area (Å²) in [7, 11) is 0. The highest BCUT2D eigenvalue weighted by atomic mass is 16.5. The monoisotopic (exact) mass is 282 g/mol. The average Bonchev–Trinajstić information content (AvgIpc) is 2.47. The van der Waals surface area contributed by atoms with E-state index in [9.17, 15) is 0 Å². The average molecular weight is 282 g/mol. The molecule has 1 aliphatic heterocycles. The molecule has 0 aliphatic carbocycles. The Morgan fingerprint density at radius 1 is 1.33 bits per heavy atom. The highest BCUT2D eigenvalue weighted by Crippen LogP contribution is 2.33. The van der Waals surface area contributed by atoms with Crippen LogP contribution in [-0.2, 0) is 4.74 Å². The lowest BCUT2D eigenvalue weighted by Gasteiger charge is -2.32. The van der Waals surface area contributed by atoms with Gasteiger partial charge in [-0.15, -0.1) is 0 Å². The van der Waals surface area contributed by atoms with Gasteiger partial charge in [-0.2, -0.15) is 0 Å². The summed E-state index contributed by atoms with van der Waals surface area (Å²) in [5, 5.41) is 9.12. The molecule has 1 aliphatic rings. The van der Waals surface area contributed by atoms with Crippen molar-refractivity contribution in [2.24, 2.45) is 0 Å². The van der Waals surface area contributed by atoms with E-state index in [-0.39, 0.29) is 11.9 Å². The molecule has 2 nitrogen and oxygen atoms in total. The number of ether oxygens (including phenoxy) is 1. The van der Waals surface area contributed by atoms with E-state index in [0.29, 0.717) is 12.5 Å². The molecule has 0 bridgehead atoms. The number of aliphatic hydroxyl groups excluding tert-OH is 1. The van der Waals surface area contributed by atoms with E-state index in [1.165, 1.54) is 5.56 Å². The number of hydrogen-bond acceptors (Lipinski definition) is 2. The van der Waals surface area contributed by atoms with E-state index < -0.39 is 0 Å². The Labute approximate surface area is 126 Å². The Kier molecular flexibility index (Phi) is 5.18. The molecule has 0 radical (unpaired) electrons. The van der Waals surface area contributed by atoms with E-state index in [2.05, 4.69) is 37.4 Å². The Morgan fingerprint density at radius 2 is 2.05 bits per heavy atom. The number of benzene rings is 1. The maximum absolute atomic E-state index is 9.12. The molecule has 1 heterocycles. The highest BCUT2D eigenvalue weighted by Gasteiger charge is 2.26. The summed E-state index contributed by atoms with van der Waals surface area (Å²) < 4.78 is 5.94. The molecule has 0 spiro atoms. The van der Waals surface area contributed by atoms with Gasteiger partial charge in [0, 0.05) is 5.92 Å². The van der Waals surface area contributed by atoms with E-state index in [1.807, 2.05) is 12.1 Å². The van der Waals surface area contributed by atoms with Gasteiger partial charge in [-0.05, 0) is 36.1 Å². The molecule has 1 aromatic rings. The molecule has 0 amide bonds. The Bertz CT molecular complexity index is 562. The van der Waals surface area contributed by atoms with Gasteiger partial charge in [0.05, 0.1) is 12.4 Å². The standard InChI is InChI=1S/C19H22O2/c1-14(8-7-9-16(3)20)19-15(2)12-18(13-21-19)17-10-5-4-6-11-17/h4-11,18-20H,1-2,12-13H2,3H3/b8-7-,16-9+/t18-,19?/m1/s1. The van der Waals surface area contributed by atoms with E-state index in [4.69, 9.17) is 9.84 Å². The van der Waals surface area contributed by atoms with Crippen LogP contribution < -0.4 is 0 Å². The van der Waals surface area contributed by atoms with Crippen molar-refractivity contribution in [1.82, 2.24) is 0 Å². The summed E-state index contributed by atoms with van der Waals surface area (Å²) in [5.41, 5.74) is 3.20. The van der Waals surface area contributed by atoms with Crippen LogP contribution in [-0.4, -0.2) is 17.8 Å². The molecule has 0 saturated carbocycles. The van der Waals surface area contributed by atoms with Crippen LogP contribution in [0, 0.1) is 0 Å². The highest BCUT2D eigenvalue weighted by molar-refractivity contribution is 5.33. The van der Waals surface area contributed by atoms with Crippen LogP contribution in [0.2, 0.25) is 0 Å². The van der Waals surface area contributed by atoms with Crippen molar-refractivity contribution in [3.63, 3.8) is 0 Å². The van der Waals surface area contributed by atoms with E-state index >= 15 is 0 Å².